The fourth-order valence-corrected chi connectivity index (χ4v) is 0.948. The average molecular weight is 245 g/mol. The fourth-order valence-electron chi connectivity index (χ4n) is 0.948. The number of aliphatic carboxylic acids is 1. The van der Waals surface area contributed by atoms with E-state index < -0.39 is 12.6 Å². The number of rotatable bonds is 11. The van der Waals surface area contributed by atoms with Crippen LogP contribution in [-0.4, -0.2) is 49.8 Å². The van der Waals surface area contributed by atoms with E-state index in [2.05, 4.69) is 14.8 Å². The summed E-state index contributed by atoms with van der Waals surface area (Å²) in [4.78, 5) is 23.8. The normalized spacial score (nSPS) is 9.65. The molecule has 17 heavy (non-hydrogen) atoms. The minimum Gasteiger partial charge on any atom is -0.480 e. The molecule has 0 fully saturated rings. The van der Waals surface area contributed by atoms with Crippen LogP contribution in [0.15, 0.2) is 5.11 Å². The Morgan fingerprint density at radius 1 is 1.24 bits per heavy atom. The van der Waals surface area contributed by atoms with Gasteiger partial charge in [0.25, 0.3) is 0 Å². The number of Topliss-reactive ketones (excluding diaryl/α,β-unsaturated/α-hetero) is 1. The van der Waals surface area contributed by atoms with Gasteiger partial charge in [-0.2, -0.15) is 0 Å². The summed E-state index contributed by atoms with van der Waals surface area (Å²) in [7, 11) is 0. The number of ether oxygens (including phenoxy) is 2. The van der Waals surface area contributed by atoms with Crippen molar-refractivity contribution in [1.29, 1.82) is 0 Å². The molecule has 0 aliphatic rings. The monoisotopic (exact) mass is 245 g/mol. The van der Waals surface area contributed by atoms with Crippen LogP contribution in [0.5, 0.6) is 0 Å². The van der Waals surface area contributed by atoms with E-state index in [0.29, 0.717) is 19.6 Å². The second-order valence-corrected chi connectivity index (χ2v) is 3.10. The summed E-state index contributed by atoms with van der Waals surface area (Å²) in [5, 5.41) is 11.5. The van der Waals surface area contributed by atoms with Gasteiger partial charge >= 0.3 is 5.97 Å². The van der Waals surface area contributed by atoms with Gasteiger partial charge in [-0.1, -0.05) is 5.11 Å². The van der Waals surface area contributed by atoms with Crippen molar-refractivity contribution in [3.05, 3.63) is 10.4 Å². The molecule has 0 saturated heterocycles. The SMILES string of the molecule is [N-]=[N+]=NCCOCCCC(=O)COCC(=O)O. The lowest BCUT2D eigenvalue weighted by atomic mass is 10.2. The molecule has 0 aromatic rings. The van der Waals surface area contributed by atoms with Crippen LogP contribution in [0.1, 0.15) is 12.8 Å². The third-order valence-electron chi connectivity index (χ3n) is 1.63. The first-order valence-corrected chi connectivity index (χ1v) is 5.06. The summed E-state index contributed by atoms with van der Waals surface area (Å²) >= 11 is 0. The lowest BCUT2D eigenvalue weighted by Crippen LogP contribution is -2.14. The quantitative estimate of drug-likeness (QED) is 0.249. The van der Waals surface area contributed by atoms with Crippen LogP contribution in [-0.2, 0) is 19.1 Å². The molecule has 0 unspecified atom stereocenters. The molecule has 0 rings (SSSR count). The minimum absolute atomic E-state index is 0.162. The summed E-state index contributed by atoms with van der Waals surface area (Å²) in [5.41, 5.74) is 7.97. The first-order chi connectivity index (χ1) is 8.16. The molecular weight excluding hydrogens is 230 g/mol. The maximum atomic E-state index is 11.1. The third kappa shape index (κ3) is 12.3. The maximum absolute atomic E-state index is 11.1. The molecule has 8 nitrogen and oxygen atoms in total. The van der Waals surface area contributed by atoms with Gasteiger partial charge < -0.3 is 14.6 Å². The van der Waals surface area contributed by atoms with Crippen molar-refractivity contribution in [3.8, 4) is 0 Å². The standard InChI is InChI=1S/C9H15N3O5/c10-12-11-3-5-16-4-1-2-8(13)6-17-7-9(14)15/h1-7H2,(H,14,15). The van der Waals surface area contributed by atoms with E-state index >= 15 is 0 Å². The summed E-state index contributed by atoms with van der Waals surface area (Å²) < 4.78 is 9.70. The van der Waals surface area contributed by atoms with Gasteiger partial charge in [-0.3, -0.25) is 4.79 Å². The van der Waals surface area contributed by atoms with Gasteiger partial charge in [0.2, 0.25) is 0 Å². The predicted molar refractivity (Wildman–Crippen MR) is 57.5 cm³/mol. The molecule has 0 heterocycles. The molecule has 0 aromatic heterocycles. The zero-order valence-electron chi connectivity index (χ0n) is 9.37. The first kappa shape index (κ1) is 15.4. The van der Waals surface area contributed by atoms with Gasteiger partial charge in [0.1, 0.15) is 13.2 Å². The number of carbonyl (C=O) groups is 2. The van der Waals surface area contributed by atoms with Crippen molar-refractivity contribution in [2.75, 3.05) is 33.0 Å². The smallest absolute Gasteiger partial charge is 0.329 e. The molecule has 1 N–H and O–H groups in total. The highest BCUT2D eigenvalue weighted by molar-refractivity contribution is 5.80. The van der Waals surface area contributed by atoms with Gasteiger partial charge in [-0.15, -0.1) is 0 Å². The number of nitrogens with zero attached hydrogens (tertiary/aromatic N) is 3. The minimum atomic E-state index is -1.10. The molecule has 8 heteroatoms. The van der Waals surface area contributed by atoms with E-state index in [9.17, 15) is 9.59 Å². The van der Waals surface area contributed by atoms with Crippen molar-refractivity contribution in [2.45, 2.75) is 12.8 Å². The molecule has 0 aromatic carbocycles. The number of ketones is 1. The Hall–Kier alpha value is -1.63. The number of azide groups is 1. The Morgan fingerprint density at radius 2 is 2.00 bits per heavy atom. The van der Waals surface area contributed by atoms with E-state index in [1.165, 1.54) is 0 Å². The van der Waals surface area contributed by atoms with Crippen molar-refractivity contribution < 1.29 is 24.2 Å². The summed E-state index contributed by atoms with van der Waals surface area (Å²) in [5.74, 6) is -1.26. The highest BCUT2D eigenvalue weighted by atomic mass is 16.5. The lowest BCUT2D eigenvalue weighted by molar-refractivity contribution is -0.143. The van der Waals surface area contributed by atoms with Crippen LogP contribution in [0.25, 0.3) is 10.4 Å². The van der Waals surface area contributed by atoms with Crippen molar-refractivity contribution >= 4 is 11.8 Å². The molecule has 0 aliphatic heterocycles. The molecule has 0 aliphatic carbocycles. The Balaban J connectivity index is 3.27. The van der Waals surface area contributed by atoms with E-state index in [1.807, 2.05) is 0 Å². The van der Waals surface area contributed by atoms with Gasteiger partial charge in [0, 0.05) is 24.5 Å². The molecule has 96 valence electrons. The highest BCUT2D eigenvalue weighted by Gasteiger charge is 2.03. The topological polar surface area (TPSA) is 122 Å². The zero-order chi connectivity index (χ0) is 12.9. The van der Waals surface area contributed by atoms with E-state index in [4.69, 9.17) is 15.4 Å². The molecule has 0 spiro atoms. The van der Waals surface area contributed by atoms with Gasteiger partial charge in [-0.05, 0) is 12.0 Å². The average Bonchev–Trinajstić information content (AvgIpc) is 2.27. The molecule has 0 radical (unpaired) electrons. The second-order valence-electron chi connectivity index (χ2n) is 3.10. The van der Waals surface area contributed by atoms with Crippen LogP contribution in [0.2, 0.25) is 0 Å². The predicted octanol–water partition coefficient (Wildman–Crippen LogP) is 0.764. The summed E-state index contributed by atoms with van der Waals surface area (Å²) in [6, 6.07) is 0. The second kappa shape index (κ2) is 10.9. The largest absolute Gasteiger partial charge is 0.480 e. The van der Waals surface area contributed by atoms with Crippen molar-refractivity contribution in [1.82, 2.24) is 0 Å². The van der Waals surface area contributed by atoms with E-state index in [0.717, 1.165) is 0 Å². The third-order valence-corrected chi connectivity index (χ3v) is 1.63. The molecule has 0 atom stereocenters. The van der Waals surface area contributed by atoms with Gasteiger partial charge in [0.15, 0.2) is 5.78 Å². The van der Waals surface area contributed by atoms with Crippen LogP contribution in [0.3, 0.4) is 0 Å². The Labute approximate surface area is 98.1 Å². The molecule has 0 bridgehead atoms. The lowest BCUT2D eigenvalue weighted by Gasteiger charge is -2.02. The molecule has 0 saturated carbocycles. The van der Waals surface area contributed by atoms with Gasteiger partial charge in [-0.25, -0.2) is 4.79 Å². The van der Waals surface area contributed by atoms with Gasteiger partial charge in [0.05, 0.1) is 6.61 Å². The Kier molecular flexibility index (Phi) is 9.83. The number of hydrogen-bond donors (Lipinski definition) is 1. The highest BCUT2D eigenvalue weighted by Crippen LogP contribution is 1.93. The molecule has 0 amide bonds. The number of carboxylic acid groups (broad SMARTS) is 1. The van der Waals surface area contributed by atoms with Crippen LogP contribution in [0.4, 0.5) is 0 Å². The number of carbonyl (C=O) groups excluding carboxylic acids is 1. The number of hydrogen-bond acceptors (Lipinski definition) is 5. The van der Waals surface area contributed by atoms with Crippen molar-refractivity contribution in [3.63, 3.8) is 0 Å². The van der Waals surface area contributed by atoms with Crippen LogP contribution < -0.4 is 0 Å². The van der Waals surface area contributed by atoms with Crippen LogP contribution >= 0.6 is 0 Å². The number of carboxylic acids is 1. The van der Waals surface area contributed by atoms with E-state index in [-0.39, 0.29) is 25.4 Å². The Bertz CT molecular complexity index is 288. The zero-order valence-corrected chi connectivity index (χ0v) is 9.37. The van der Waals surface area contributed by atoms with E-state index in [1.54, 1.807) is 0 Å². The first-order valence-electron chi connectivity index (χ1n) is 5.06. The Morgan fingerprint density at radius 3 is 2.65 bits per heavy atom. The maximum Gasteiger partial charge on any atom is 0.329 e. The molecular formula is C9H15N3O5. The summed E-state index contributed by atoms with van der Waals surface area (Å²) in [6.07, 6.45) is 0.812. The van der Waals surface area contributed by atoms with Crippen molar-refractivity contribution in [2.24, 2.45) is 5.11 Å². The van der Waals surface area contributed by atoms with Crippen LogP contribution in [0, 0.1) is 0 Å². The fraction of sp³-hybridized carbons (Fsp3) is 0.778. The summed E-state index contributed by atoms with van der Waals surface area (Å²) in [6.45, 7) is 0.338.